The van der Waals surface area contributed by atoms with Gasteiger partial charge in [0.1, 0.15) is 6.54 Å². The number of aromatic nitrogens is 2. The maximum Gasteiger partial charge on any atom is 0.405 e. The molecule has 2 aromatic rings. The molecule has 0 spiro atoms. The van der Waals surface area contributed by atoms with Gasteiger partial charge in [-0.3, -0.25) is 0 Å². The fourth-order valence-electron chi connectivity index (χ4n) is 1.98. The Morgan fingerprint density at radius 2 is 1.75 bits per heavy atom. The quantitative estimate of drug-likeness (QED) is 0.937. The van der Waals surface area contributed by atoms with Crippen molar-refractivity contribution in [3.05, 3.63) is 24.3 Å². The number of alkyl halides is 3. The molecule has 1 aromatic heterocycles. The summed E-state index contributed by atoms with van der Waals surface area (Å²) in [6.07, 6.45) is -3.75. The highest BCUT2D eigenvalue weighted by Gasteiger charge is 2.32. The summed E-state index contributed by atoms with van der Waals surface area (Å²) in [4.78, 5) is 9.45. The Morgan fingerprint density at radius 3 is 2.30 bits per heavy atom. The minimum absolute atomic E-state index is 0.0152. The van der Waals surface area contributed by atoms with E-state index in [-0.39, 0.29) is 18.2 Å². The minimum atomic E-state index is -4.31. The third kappa shape index (κ3) is 3.28. The number of anilines is 2. The number of rotatable bonds is 4. The van der Waals surface area contributed by atoms with E-state index in [9.17, 15) is 13.2 Å². The van der Waals surface area contributed by atoms with E-state index in [2.05, 4.69) is 9.97 Å². The molecule has 20 heavy (non-hydrogen) atoms. The number of hydrogen-bond acceptors (Lipinski definition) is 4. The lowest BCUT2D eigenvalue weighted by atomic mass is 10.3. The van der Waals surface area contributed by atoms with Gasteiger partial charge in [-0.2, -0.15) is 13.2 Å². The fraction of sp³-hybridized carbons (Fsp3) is 0.385. The van der Waals surface area contributed by atoms with Crippen molar-refractivity contribution in [3.8, 4) is 0 Å². The molecule has 0 unspecified atom stereocenters. The zero-order valence-electron chi connectivity index (χ0n) is 11.0. The molecule has 0 aliphatic heterocycles. The average Bonchev–Trinajstić information content (AvgIpc) is 2.36. The van der Waals surface area contributed by atoms with Gasteiger partial charge in [0.15, 0.2) is 11.6 Å². The summed E-state index contributed by atoms with van der Waals surface area (Å²) < 4.78 is 37.9. The predicted molar refractivity (Wildman–Crippen MR) is 72.5 cm³/mol. The van der Waals surface area contributed by atoms with Crippen LogP contribution in [0.4, 0.5) is 24.8 Å². The zero-order valence-corrected chi connectivity index (χ0v) is 11.0. The van der Waals surface area contributed by atoms with E-state index in [0.717, 1.165) is 4.90 Å². The molecule has 0 bridgehead atoms. The molecule has 0 aliphatic rings. The van der Waals surface area contributed by atoms with Crippen molar-refractivity contribution in [1.29, 1.82) is 0 Å². The summed E-state index contributed by atoms with van der Waals surface area (Å²) in [5.41, 5.74) is 6.85. The van der Waals surface area contributed by atoms with Crippen LogP contribution in [0.3, 0.4) is 0 Å². The Labute approximate surface area is 114 Å². The van der Waals surface area contributed by atoms with Crippen molar-refractivity contribution in [2.24, 2.45) is 0 Å². The number of nitrogens with two attached hydrogens (primary N) is 1. The molecule has 0 amide bonds. The fourth-order valence-corrected chi connectivity index (χ4v) is 1.98. The van der Waals surface area contributed by atoms with Crippen LogP contribution < -0.4 is 10.6 Å². The Morgan fingerprint density at radius 1 is 1.15 bits per heavy atom. The summed E-state index contributed by atoms with van der Waals surface area (Å²) in [5.74, 6) is 0.101. The zero-order chi connectivity index (χ0) is 14.8. The van der Waals surface area contributed by atoms with Gasteiger partial charge in [0, 0.05) is 6.54 Å². The summed E-state index contributed by atoms with van der Waals surface area (Å²) in [6, 6.07) is 6.94. The monoisotopic (exact) mass is 284 g/mol. The van der Waals surface area contributed by atoms with Gasteiger partial charge in [0.25, 0.3) is 0 Å². The van der Waals surface area contributed by atoms with Crippen LogP contribution in [-0.4, -0.2) is 29.2 Å². The first-order valence-electron chi connectivity index (χ1n) is 6.24. The Kier molecular flexibility index (Phi) is 3.96. The van der Waals surface area contributed by atoms with E-state index in [4.69, 9.17) is 5.73 Å². The summed E-state index contributed by atoms with van der Waals surface area (Å²) in [5, 5.41) is 0. The molecule has 1 aromatic carbocycles. The normalized spacial score (nSPS) is 11.8. The van der Waals surface area contributed by atoms with Crippen LogP contribution in [0.25, 0.3) is 11.0 Å². The van der Waals surface area contributed by atoms with E-state index in [1.165, 1.54) is 0 Å². The van der Waals surface area contributed by atoms with Gasteiger partial charge in [-0.25, -0.2) is 9.97 Å². The molecule has 2 rings (SSSR count). The minimum Gasteiger partial charge on any atom is -0.381 e. The third-order valence-corrected chi connectivity index (χ3v) is 2.74. The molecule has 0 saturated carbocycles. The summed E-state index contributed by atoms with van der Waals surface area (Å²) in [6.45, 7) is 0.933. The topological polar surface area (TPSA) is 55.0 Å². The molecular formula is C13H15F3N4. The van der Waals surface area contributed by atoms with Crippen molar-refractivity contribution in [2.75, 3.05) is 23.7 Å². The van der Waals surface area contributed by atoms with E-state index in [1.54, 1.807) is 31.2 Å². The summed E-state index contributed by atoms with van der Waals surface area (Å²) in [7, 11) is 0. The van der Waals surface area contributed by atoms with Crippen molar-refractivity contribution in [1.82, 2.24) is 9.97 Å². The number of benzene rings is 1. The summed E-state index contributed by atoms with van der Waals surface area (Å²) >= 11 is 0. The lowest BCUT2D eigenvalue weighted by Crippen LogP contribution is -2.36. The second-order valence-corrected chi connectivity index (χ2v) is 4.46. The second kappa shape index (κ2) is 5.52. The molecule has 0 atom stereocenters. The van der Waals surface area contributed by atoms with Crippen molar-refractivity contribution in [3.63, 3.8) is 0 Å². The largest absolute Gasteiger partial charge is 0.405 e. The van der Waals surface area contributed by atoms with Crippen molar-refractivity contribution in [2.45, 2.75) is 19.5 Å². The predicted octanol–water partition coefficient (Wildman–Crippen LogP) is 2.99. The van der Waals surface area contributed by atoms with Crippen molar-refractivity contribution >= 4 is 22.7 Å². The van der Waals surface area contributed by atoms with E-state index >= 15 is 0 Å². The van der Waals surface area contributed by atoms with Gasteiger partial charge in [-0.05, 0) is 18.6 Å². The first kappa shape index (κ1) is 14.4. The maximum absolute atomic E-state index is 12.6. The smallest absolute Gasteiger partial charge is 0.381 e. The van der Waals surface area contributed by atoms with Gasteiger partial charge in [-0.1, -0.05) is 19.1 Å². The molecule has 0 radical (unpaired) electrons. The molecule has 0 saturated heterocycles. The molecule has 108 valence electrons. The first-order valence-corrected chi connectivity index (χ1v) is 6.24. The standard InChI is InChI=1S/C13H15F3N4/c1-2-7-20(8-13(14,15)16)12-11(17)18-9-5-3-4-6-10(9)19-12/h3-6H,2,7-8H2,1H3,(H2,17,18). The van der Waals surface area contributed by atoms with Crippen LogP contribution in [0.1, 0.15) is 13.3 Å². The Hall–Kier alpha value is -2.05. The number of fused-ring (bicyclic) bond motifs is 1. The highest BCUT2D eigenvalue weighted by atomic mass is 19.4. The molecule has 1 heterocycles. The van der Waals surface area contributed by atoms with Crippen molar-refractivity contribution < 1.29 is 13.2 Å². The van der Waals surface area contributed by atoms with E-state index in [1.807, 2.05) is 0 Å². The highest BCUT2D eigenvalue weighted by molar-refractivity contribution is 5.79. The second-order valence-electron chi connectivity index (χ2n) is 4.46. The third-order valence-electron chi connectivity index (χ3n) is 2.74. The lowest BCUT2D eigenvalue weighted by molar-refractivity contribution is -0.119. The Balaban J connectivity index is 2.44. The van der Waals surface area contributed by atoms with Crippen LogP contribution in [0.15, 0.2) is 24.3 Å². The molecule has 2 N–H and O–H groups in total. The maximum atomic E-state index is 12.6. The molecule has 0 aliphatic carbocycles. The SMILES string of the molecule is CCCN(CC(F)(F)F)c1nc2ccccc2nc1N. The molecule has 7 heteroatoms. The van der Waals surface area contributed by atoms with E-state index < -0.39 is 12.7 Å². The number of nitrogens with zero attached hydrogens (tertiary/aromatic N) is 3. The average molecular weight is 284 g/mol. The highest BCUT2D eigenvalue weighted by Crippen LogP contribution is 2.26. The van der Waals surface area contributed by atoms with Gasteiger partial charge < -0.3 is 10.6 Å². The van der Waals surface area contributed by atoms with Crippen LogP contribution in [0, 0.1) is 0 Å². The number of hydrogen-bond donors (Lipinski definition) is 1. The van der Waals surface area contributed by atoms with Crippen LogP contribution in [0.2, 0.25) is 0 Å². The van der Waals surface area contributed by atoms with Gasteiger partial charge in [0.2, 0.25) is 0 Å². The lowest BCUT2D eigenvalue weighted by Gasteiger charge is -2.25. The first-order chi connectivity index (χ1) is 9.40. The van der Waals surface area contributed by atoms with Crippen LogP contribution in [0.5, 0.6) is 0 Å². The molecule has 4 nitrogen and oxygen atoms in total. The van der Waals surface area contributed by atoms with Gasteiger partial charge in [-0.15, -0.1) is 0 Å². The van der Waals surface area contributed by atoms with Crippen LogP contribution in [-0.2, 0) is 0 Å². The van der Waals surface area contributed by atoms with Gasteiger partial charge in [0.05, 0.1) is 11.0 Å². The molecule has 0 fully saturated rings. The van der Waals surface area contributed by atoms with Crippen LogP contribution >= 0.6 is 0 Å². The molecular weight excluding hydrogens is 269 g/mol. The number of nitrogen functional groups attached to an aromatic ring is 1. The number of halogens is 3. The Bertz CT molecular complexity index is 598. The van der Waals surface area contributed by atoms with Gasteiger partial charge >= 0.3 is 6.18 Å². The van der Waals surface area contributed by atoms with E-state index in [0.29, 0.717) is 17.5 Å². The number of para-hydroxylation sites is 2.